The minimum absolute atomic E-state index is 0.132. The van der Waals surface area contributed by atoms with Crippen LogP contribution in [0, 0.1) is 5.82 Å². The number of benzene rings is 1. The molecule has 15 heavy (non-hydrogen) atoms. The molecule has 1 fully saturated rings. The molecule has 82 valence electrons. The first-order chi connectivity index (χ1) is 7.08. The highest BCUT2D eigenvalue weighted by Gasteiger charge is 2.27. The van der Waals surface area contributed by atoms with Crippen LogP contribution in [-0.4, -0.2) is 6.04 Å². The zero-order valence-electron chi connectivity index (χ0n) is 9.39. The Morgan fingerprint density at radius 3 is 2.60 bits per heavy atom. The molecule has 0 spiro atoms. The highest BCUT2D eigenvalue weighted by atomic mass is 19.1. The Labute approximate surface area is 90.7 Å². The summed E-state index contributed by atoms with van der Waals surface area (Å²) in [6, 6.07) is 7.47. The second-order valence-electron chi connectivity index (χ2n) is 4.91. The van der Waals surface area contributed by atoms with Gasteiger partial charge in [-0.25, -0.2) is 4.39 Å². The maximum absolute atomic E-state index is 13.1. The van der Waals surface area contributed by atoms with Gasteiger partial charge in [0.25, 0.3) is 0 Å². The molecule has 1 aliphatic rings. The van der Waals surface area contributed by atoms with Crippen LogP contribution in [0.25, 0.3) is 0 Å². The molecule has 1 aromatic rings. The van der Waals surface area contributed by atoms with Gasteiger partial charge in [-0.15, -0.1) is 0 Å². The van der Waals surface area contributed by atoms with Crippen LogP contribution in [0.15, 0.2) is 24.3 Å². The summed E-state index contributed by atoms with van der Waals surface area (Å²) in [5.74, 6) is -0.156. The highest BCUT2D eigenvalue weighted by Crippen LogP contribution is 2.27. The second kappa shape index (κ2) is 3.93. The Bertz CT molecular complexity index is 342. The van der Waals surface area contributed by atoms with Gasteiger partial charge in [0.2, 0.25) is 0 Å². The molecular formula is C13H18FN. The monoisotopic (exact) mass is 207 g/mol. The quantitative estimate of drug-likeness (QED) is 0.802. The molecule has 1 saturated carbocycles. The number of nitrogens with one attached hydrogen (secondary N) is 1. The molecule has 0 atom stereocenters. The van der Waals surface area contributed by atoms with Gasteiger partial charge in [-0.3, -0.25) is 0 Å². The SMILES string of the molecule is CC(C)(NC1CCC1)c1cccc(F)c1. The van der Waals surface area contributed by atoms with E-state index in [0.717, 1.165) is 5.56 Å². The van der Waals surface area contributed by atoms with Crippen molar-refractivity contribution in [3.8, 4) is 0 Å². The van der Waals surface area contributed by atoms with E-state index in [9.17, 15) is 4.39 Å². The lowest BCUT2D eigenvalue weighted by molar-refractivity contribution is 0.254. The molecule has 0 bridgehead atoms. The largest absolute Gasteiger partial charge is 0.305 e. The highest BCUT2D eigenvalue weighted by molar-refractivity contribution is 5.24. The average Bonchev–Trinajstić information content (AvgIpc) is 2.12. The molecule has 0 saturated heterocycles. The average molecular weight is 207 g/mol. The first kappa shape index (κ1) is 10.6. The number of hydrogen-bond donors (Lipinski definition) is 1. The zero-order valence-corrected chi connectivity index (χ0v) is 9.39. The van der Waals surface area contributed by atoms with Gasteiger partial charge in [0.15, 0.2) is 0 Å². The van der Waals surface area contributed by atoms with Crippen LogP contribution in [0.4, 0.5) is 4.39 Å². The van der Waals surface area contributed by atoms with E-state index >= 15 is 0 Å². The van der Waals surface area contributed by atoms with E-state index in [1.54, 1.807) is 12.1 Å². The van der Waals surface area contributed by atoms with Crippen molar-refractivity contribution in [1.82, 2.24) is 5.32 Å². The van der Waals surface area contributed by atoms with Crippen molar-refractivity contribution >= 4 is 0 Å². The summed E-state index contributed by atoms with van der Waals surface area (Å²) in [5, 5.41) is 3.57. The molecule has 0 radical (unpaired) electrons. The van der Waals surface area contributed by atoms with Gasteiger partial charge >= 0.3 is 0 Å². The maximum atomic E-state index is 13.1. The normalized spacial score (nSPS) is 17.5. The van der Waals surface area contributed by atoms with Crippen molar-refractivity contribution < 1.29 is 4.39 Å². The van der Waals surface area contributed by atoms with Gasteiger partial charge in [0, 0.05) is 11.6 Å². The second-order valence-corrected chi connectivity index (χ2v) is 4.91. The van der Waals surface area contributed by atoms with Crippen LogP contribution in [-0.2, 0) is 5.54 Å². The summed E-state index contributed by atoms with van der Waals surface area (Å²) < 4.78 is 13.1. The van der Waals surface area contributed by atoms with E-state index < -0.39 is 0 Å². The molecule has 0 unspecified atom stereocenters. The molecule has 1 aliphatic carbocycles. The maximum Gasteiger partial charge on any atom is 0.123 e. The van der Waals surface area contributed by atoms with Crippen molar-refractivity contribution in [2.24, 2.45) is 0 Å². The molecule has 0 heterocycles. The summed E-state index contributed by atoms with van der Waals surface area (Å²) in [6.45, 7) is 4.22. The van der Waals surface area contributed by atoms with Crippen LogP contribution in [0.5, 0.6) is 0 Å². The minimum Gasteiger partial charge on any atom is -0.305 e. The van der Waals surface area contributed by atoms with Crippen molar-refractivity contribution in [2.45, 2.75) is 44.7 Å². The van der Waals surface area contributed by atoms with E-state index in [1.807, 2.05) is 6.07 Å². The molecule has 2 heteroatoms. The summed E-state index contributed by atoms with van der Waals surface area (Å²) in [5.41, 5.74) is 0.891. The smallest absolute Gasteiger partial charge is 0.123 e. The van der Waals surface area contributed by atoms with Crippen molar-refractivity contribution in [2.75, 3.05) is 0 Å². The Kier molecular flexibility index (Phi) is 2.79. The molecule has 0 aromatic heterocycles. The molecule has 1 N–H and O–H groups in total. The summed E-state index contributed by atoms with van der Waals surface area (Å²) in [4.78, 5) is 0. The van der Waals surface area contributed by atoms with Crippen LogP contribution in [0.3, 0.4) is 0 Å². The van der Waals surface area contributed by atoms with E-state index in [1.165, 1.54) is 25.3 Å². The Morgan fingerprint density at radius 2 is 2.07 bits per heavy atom. The molecule has 2 rings (SSSR count). The fourth-order valence-electron chi connectivity index (χ4n) is 2.02. The van der Waals surface area contributed by atoms with E-state index in [-0.39, 0.29) is 11.4 Å². The van der Waals surface area contributed by atoms with Crippen molar-refractivity contribution in [1.29, 1.82) is 0 Å². The lowest BCUT2D eigenvalue weighted by Crippen LogP contribution is -2.46. The van der Waals surface area contributed by atoms with Crippen molar-refractivity contribution in [3.63, 3.8) is 0 Å². The summed E-state index contributed by atoms with van der Waals surface area (Å²) in [6.07, 6.45) is 3.81. The van der Waals surface area contributed by atoms with E-state index in [0.29, 0.717) is 6.04 Å². The van der Waals surface area contributed by atoms with E-state index in [2.05, 4.69) is 19.2 Å². The Morgan fingerprint density at radius 1 is 1.33 bits per heavy atom. The number of halogens is 1. The minimum atomic E-state index is -0.156. The van der Waals surface area contributed by atoms with Gasteiger partial charge in [0.05, 0.1) is 0 Å². The lowest BCUT2D eigenvalue weighted by atomic mass is 9.87. The Balaban J connectivity index is 2.12. The summed E-state index contributed by atoms with van der Waals surface area (Å²) >= 11 is 0. The van der Waals surface area contributed by atoms with Gasteiger partial charge in [-0.1, -0.05) is 18.6 Å². The third-order valence-corrected chi connectivity index (χ3v) is 3.22. The standard InChI is InChI=1S/C13H18FN/c1-13(2,15-12-7-4-8-12)10-5-3-6-11(14)9-10/h3,5-6,9,12,15H,4,7-8H2,1-2H3. The Hall–Kier alpha value is -0.890. The predicted molar refractivity (Wildman–Crippen MR) is 60.2 cm³/mol. The van der Waals surface area contributed by atoms with Gasteiger partial charge in [-0.05, 0) is 44.4 Å². The van der Waals surface area contributed by atoms with Gasteiger partial charge < -0.3 is 5.32 Å². The zero-order chi connectivity index (χ0) is 10.9. The topological polar surface area (TPSA) is 12.0 Å². The molecule has 0 amide bonds. The predicted octanol–water partition coefficient (Wildman–Crippen LogP) is 3.20. The fourth-order valence-corrected chi connectivity index (χ4v) is 2.02. The van der Waals surface area contributed by atoms with Gasteiger partial charge in [0.1, 0.15) is 5.82 Å². The van der Waals surface area contributed by atoms with Gasteiger partial charge in [-0.2, -0.15) is 0 Å². The molecule has 1 nitrogen and oxygen atoms in total. The molecule has 1 aromatic carbocycles. The number of rotatable bonds is 3. The van der Waals surface area contributed by atoms with Crippen LogP contribution < -0.4 is 5.32 Å². The van der Waals surface area contributed by atoms with Crippen LogP contribution >= 0.6 is 0 Å². The first-order valence-corrected chi connectivity index (χ1v) is 5.62. The lowest BCUT2D eigenvalue weighted by Gasteiger charge is -2.36. The number of hydrogen-bond acceptors (Lipinski definition) is 1. The van der Waals surface area contributed by atoms with Crippen LogP contribution in [0.2, 0.25) is 0 Å². The van der Waals surface area contributed by atoms with Crippen LogP contribution in [0.1, 0.15) is 38.7 Å². The third-order valence-electron chi connectivity index (χ3n) is 3.22. The third kappa shape index (κ3) is 2.37. The van der Waals surface area contributed by atoms with Crippen molar-refractivity contribution in [3.05, 3.63) is 35.6 Å². The summed E-state index contributed by atoms with van der Waals surface area (Å²) in [7, 11) is 0. The van der Waals surface area contributed by atoms with E-state index in [4.69, 9.17) is 0 Å². The fraction of sp³-hybridized carbons (Fsp3) is 0.538. The molecular weight excluding hydrogens is 189 g/mol. The first-order valence-electron chi connectivity index (χ1n) is 5.62. The molecule has 0 aliphatic heterocycles.